The Hall–Kier alpha value is -0.970. The Labute approximate surface area is 132 Å². The number of halogens is 2. The van der Waals surface area contributed by atoms with Crippen molar-refractivity contribution in [3.05, 3.63) is 51.9 Å². The summed E-state index contributed by atoms with van der Waals surface area (Å²) in [5.41, 5.74) is 1.97. The van der Waals surface area contributed by atoms with E-state index in [0.717, 1.165) is 27.1 Å². The fraction of sp³-hybridized carbons (Fsp3) is 0.333. The van der Waals surface area contributed by atoms with Gasteiger partial charge in [-0.25, -0.2) is 0 Å². The second-order valence-corrected chi connectivity index (χ2v) is 5.62. The number of ether oxygens (including phenoxy) is 2. The molecule has 5 heteroatoms. The SMILES string of the molecule is COCCOc1ccc(C(Cl)c2ccoc2C)cc1Br. The van der Waals surface area contributed by atoms with Crippen molar-refractivity contribution < 1.29 is 13.9 Å². The third-order valence-corrected chi connectivity index (χ3v) is 4.07. The van der Waals surface area contributed by atoms with E-state index in [0.29, 0.717) is 13.2 Å². The molecule has 0 aliphatic heterocycles. The number of benzene rings is 1. The highest BCUT2D eigenvalue weighted by atomic mass is 79.9. The van der Waals surface area contributed by atoms with Gasteiger partial charge in [-0.3, -0.25) is 0 Å². The van der Waals surface area contributed by atoms with Crippen LogP contribution in [0.15, 0.2) is 39.4 Å². The van der Waals surface area contributed by atoms with E-state index in [1.807, 2.05) is 31.2 Å². The number of hydrogen-bond donors (Lipinski definition) is 0. The van der Waals surface area contributed by atoms with Crippen LogP contribution in [0.5, 0.6) is 5.75 Å². The highest BCUT2D eigenvalue weighted by Gasteiger charge is 2.16. The zero-order valence-corrected chi connectivity index (χ0v) is 13.7. The molecule has 2 rings (SSSR count). The van der Waals surface area contributed by atoms with Crippen LogP contribution in [-0.2, 0) is 4.74 Å². The van der Waals surface area contributed by atoms with E-state index in [9.17, 15) is 0 Å². The molecule has 3 nitrogen and oxygen atoms in total. The maximum Gasteiger partial charge on any atom is 0.133 e. The van der Waals surface area contributed by atoms with Gasteiger partial charge in [0.1, 0.15) is 18.1 Å². The zero-order chi connectivity index (χ0) is 14.5. The smallest absolute Gasteiger partial charge is 0.133 e. The Morgan fingerprint density at radius 1 is 1.30 bits per heavy atom. The molecule has 0 spiro atoms. The minimum atomic E-state index is -0.238. The summed E-state index contributed by atoms with van der Waals surface area (Å²) >= 11 is 9.99. The summed E-state index contributed by atoms with van der Waals surface area (Å²) in [7, 11) is 1.65. The molecular formula is C15H16BrClO3. The van der Waals surface area contributed by atoms with Crippen molar-refractivity contribution in [2.75, 3.05) is 20.3 Å². The van der Waals surface area contributed by atoms with Gasteiger partial charge in [-0.1, -0.05) is 6.07 Å². The normalized spacial score (nSPS) is 12.4. The van der Waals surface area contributed by atoms with Gasteiger partial charge in [-0.15, -0.1) is 11.6 Å². The molecule has 0 fully saturated rings. The number of methoxy groups -OCH3 is 1. The maximum atomic E-state index is 6.49. The van der Waals surface area contributed by atoms with Crippen molar-refractivity contribution in [3.8, 4) is 5.75 Å². The first kappa shape index (κ1) is 15.4. The molecule has 1 aromatic carbocycles. The van der Waals surface area contributed by atoms with E-state index in [2.05, 4.69) is 15.9 Å². The van der Waals surface area contributed by atoms with Crippen LogP contribution in [0.2, 0.25) is 0 Å². The molecule has 1 aromatic heterocycles. The summed E-state index contributed by atoms with van der Waals surface area (Å²) in [5.74, 6) is 1.61. The summed E-state index contributed by atoms with van der Waals surface area (Å²) in [4.78, 5) is 0. The minimum Gasteiger partial charge on any atom is -0.490 e. The number of aryl methyl sites for hydroxylation is 1. The van der Waals surface area contributed by atoms with Gasteiger partial charge in [0, 0.05) is 12.7 Å². The van der Waals surface area contributed by atoms with Crippen molar-refractivity contribution in [1.82, 2.24) is 0 Å². The molecule has 0 amide bonds. The third-order valence-electron chi connectivity index (χ3n) is 2.97. The van der Waals surface area contributed by atoms with Crippen molar-refractivity contribution in [1.29, 1.82) is 0 Å². The highest BCUT2D eigenvalue weighted by molar-refractivity contribution is 9.10. The molecule has 20 heavy (non-hydrogen) atoms. The summed E-state index contributed by atoms with van der Waals surface area (Å²) in [5, 5.41) is -0.238. The average molecular weight is 360 g/mol. The maximum absolute atomic E-state index is 6.49. The monoisotopic (exact) mass is 358 g/mol. The average Bonchev–Trinajstić information content (AvgIpc) is 2.86. The first-order valence-corrected chi connectivity index (χ1v) is 7.45. The van der Waals surface area contributed by atoms with Gasteiger partial charge in [0.15, 0.2) is 0 Å². The Morgan fingerprint density at radius 3 is 2.70 bits per heavy atom. The molecule has 0 saturated heterocycles. The van der Waals surface area contributed by atoms with Gasteiger partial charge in [-0.05, 0) is 46.6 Å². The molecule has 0 N–H and O–H groups in total. The Morgan fingerprint density at radius 2 is 2.10 bits per heavy atom. The van der Waals surface area contributed by atoms with Gasteiger partial charge in [0.2, 0.25) is 0 Å². The van der Waals surface area contributed by atoms with E-state index in [1.54, 1.807) is 13.4 Å². The molecule has 1 unspecified atom stereocenters. The molecule has 0 aliphatic carbocycles. The molecule has 1 heterocycles. The molecule has 0 radical (unpaired) electrons. The van der Waals surface area contributed by atoms with Crippen LogP contribution in [-0.4, -0.2) is 20.3 Å². The molecule has 1 atom stereocenters. The first-order chi connectivity index (χ1) is 9.63. The van der Waals surface area contributed by atoms with Gasteiger partial charge >= 0.3 is 0 Å². The number of alkyl halides is 1. The van der Waals surface area contributed by atoms with Crippen LogP contribution in [0, 0.1) is 6.92 Å². The number of furan rings is 1. The van der Waals surface area contributed by atoms with Crippen molar-refractivity contribution >= 4 is 27.5 Å². The summed E-state index contributed by atoms with van der Waals surface area (Å²) in [6.45, 7) is 2.97. The quantitative estimate of drug-likeness (QED) is 0.553. The van der Waals surface area contributed by atoms with Gasteiger partial charge < -0.3 is 13.9 Å². The van der Waals surface area contributed by atoms with Gasteiger partial charge in [0.05, 0.1) is 22.7 Å². The molecule has 0 aliphatic rings. The van der Waals surface area contributed by atoms with Crippen molar-refractivity contribution in [3.63, 3.8) is 0 Å². The zero-order valence-electron chi connectivity index (χ0n) is 11.4. The number of rotatable bonds is 6. The lowest BCUT2D eigenvalue weighted by Gasteiger charge is -2.12. The van der Waals surface area contributed by atoms with Gasteiger partial charge in [0.25, 0.3) is 0 Å². The Balaban J connectivity index is 2.14. The van der Waals surface area contributed by atoms with Crippen LogP contribution in [0.4, 0.5) is 0 Å². The van der Waals surface area contributed by atoms with E-state index in [-0.39, 0.29) is 5.38 Å². The summed E-state index contributed by atoms with van der Waals surface area (Å²) in [6, 6.07) is 7.72. The highest BCUT2D eigenvalue weighted by Crippen LogP contribution is 2.35. The summed E-state index contributed by atoms with van der Waals surface area (Å²) in [6.07, 6.45) is 1.65. The fourth-order valence-corrected chi connectivity index (χ4v) is 2.74. The minimum absolute atomic E-state index is 0.238. The van der Waals surface area contributed by atoms with Crippen molar-refractivity contribution in [2.45, 2.75) is 12.3 Å². The van der Waals surface area contributed by atoms with E-state index >= 15 is 0 Å². The summed E-state index contributed by atoms with van der Waals surface area (Å²) < 4.78 is 16.7. The molecule has 0 saturated carbocycles. The Bertz CT molecular complexity index is 568. The molecule has 2 aromatic rings. The predicted octanol–water partition coefficient (Wildman–Crippen LogP) is 4.70. The predicted molar refractivity (Wildman–Crippen MR) is 82.7 cm³/mol. The third kappa shape index (κ3) is 3.57. The van der Waals surface area contributed by atoms with Crippen LogP contribution in [0.3, 0.4) is 0 Å². The second kappa shape index (κ2) is 7.16. The first-order valence-electron chi connectivity index (χ1n) is 6.22. The van der Waals surface area contributed by atoms with E-state index in [1.165, 1.54) is 0 Å². The molecule has 108 valence electrons. The molecule has 0 bridgehead atoms. The largest absolute Gasteiger partial charge is 0.490 e. The van der Waals surface area contributed by atoms with Crippen LogP contribution >= 0.6 is 27.5 Å². The topological polar surface area (TPSA) is 31.6 Å². The fourth-order valence-electron chi connectivity index (χ4n) is 1.86. The van der Waals surface area contributed by atoms with E-state index in [4.69, 9.17) is 25.5 Å². The lowest BCUT2D eigenvalue weighted by Crippen LogP contribution is -2.05. The van der Waals surface area contributed by atoms with Crippen molar-refractivity contribution in [2.24, 2.45) is 0 Å². The van der Waals surface area contributed by atoms with Crippen LogP contribution < -0.4 is 4.74 Å². The van der Waals surface area contributed by atoms with Crippen LogP contribution in [0.1, 0.15) is 22.3 Å². The van der Waals surface area contributed by atoms with Gasteiger partial charge in [-0.2, -0.15) is 0 Å². The standard InChI is InChI=1S/C15H16BrClO3/c1-10-12(5-6-19-10)15(17)11-3-4-14(13(16)9-11)20-8-7-18-2/h3-6,9,15H,7-8H2,1-2H3. The lowest BCUT2D eigenvalue weighted by molar-refractivity contribution is 0.146. The Kier molecular flexibility index (Phi) is 5.52. The lowest BCUT2D eigenvalue weighted by atomic mass is 10.1. The molecular weight excluding hydrogens is 344 g/mol. The van der Waals surface area contributed by atoms with Crippen LogP contribution in [0.25, 0.3) is 0 Å². The second-order valence-electron chi connectivity index (χ2n) is 4.33. The number of hydrogen-bond acceptors (Lipinski definition) is 3. The van der Waals surface area contributed by atoms with E-state index < -0.39 is 0 Å².